The number of anilines is 1. The molecule has 2 rings (SSSR count). The predicted octanol–water partition coefficient (Wildman–Crippen LogP) is 0.927. The number of aromatic nitrogens is 2. The number of hydrogen-bond donors (Lipinski definition) is 1. The van der Waals surface area contributed by atoms with Gasteiger partial charge in [0.25, 0.3) is 0 Å². The number of amides is 1. The number of nitriles is 1. The van der Waals surface area contributed by atoms with Crippen LogP contribution >= 0.6 is 0 Å². The molecule has 1 aliphatic heterocycles. The summed E-state index contributed by atoms with van der Waals surface area (Å²) in [5.41, 5.74) is 0.316. The van der Waals surface area contributed by atoms with E-state index in [0.717, 1.165) is 6.42 Å². The first-order chi connectivity index (χ1) is 9.11. The largest absolute Gasteiger partial charge is 0.465 e. The first-order valence-corrected chi connectivity index (χ1v) is 6.09. The van der Waals surface area contributed by atoms with Gasteiger partial charge >= 0.3 is 6.09 Å². The Hall–Kier alpha value is -2.36. The van der Waals surface area contributed by atoms with E-state index in [1.54, 1.807) is 12.3 Å². The second-order valence-corrected chi connectivity index (χ2v) is 4.48. The Balaban J connectivity index is 2.20. The summed E-state index contributed by atoms with van der Waals surface area (Å²) in [5, 5.41) is 17.9. The van der Waals surface area contributed by atoms with E-state index in [9.17, 15) is 4.79 Å². The van der Waals surface area contributed by atoms with E-state index < -0.39 is 6.09 Å². The van der Waals surface area contributed by atoms with E-state index in [2.05, 4.69) is 9.97 Å². The van der Waals surface area contributed by atoms with Gasteiger partial charge in [-0.15, -0.1) is 0 Å². The van der Waals surface area contributed by atoms with E-state index in [-0.39, 0.29) is 6.04 Å². The van der Waals surface area contributed by atoms with Crippen LogP contribution in [0.2, 0.25) is 0 Å². The minimum absolute atomic E-state index is 0.0208. The van der Waals surface area contributed by atoms with Crippen molar-refractivity contribution in [1.29, 1.82) is 5.26 Å². The van der Waals surface area contributed by atoms with Crippen LogP contribution in [0.4, 0.5) is 10.7 Å². The number of rotatable bonds is 1. The fourth-order valence-electron chi connectivity index (χ4n) is 2.18. The van der Waals surface area contributed by atoms with Crippen molar-refractivity contribution >= 4 is 12.0 Å². The Labute approximate surface area is 111 Å². The maximum absolute atomic E-state index is 11.0. The van der Waals surface area contributed by atoms with Crippen molar-refractivity contribution in [3.05, 3.63) is 18.0 Å². The average Bonchev–Trinajstić information content (AvgIpc) is 2.60. The Morgan fingerprint density at radius 3 is 3.05 bits per heavy atom. The quantitative estimate of drug-likeness (QED) is 0.808. The van der Waals surface area contributed by atoms with Crippen molar-refractivity contribution in [3.63, 3.8) is 0 Å². The lowest BCUT2D eigenvalue weighted by Crippen LogP contribution is -2.41. The number of hydrogen-bond acceptors (Lipinski definition) is 5. The van der Waals surface area contributed by atoms with E-state index in [1.807, 2.05) is 17.9 Å². The topological polar surface area (TPSA) is 93.4 Å². The molecule has 0 unspecified atom stereocenters. The molecule has 0 spiro atoms. The molecule has 1 fully saturated rings. The first-order valence-electron chi connectivity index (χ1n) is 6.09. The van der Waals surface area contributed by atoms with Gasteiger partial charge in [0, 0.05) is 31.9 Å². The summed E-state index contributed by atoms with van der Waals surface area (Å²) in [6, 6.07) is 3.51. The molecule has 0 saturated carbocycles. The molecule has 0 radical (unpaired) electrons. The van der Waals surface area contributed by atoms with E-state index >= 15 is 0 Å². The predicted molar refractivity (Wildman–Crippen MR) is 67.8 cm³/mol. The summed E-state index contributed by atoms with van der Waals surface area (Å²) in [6.45, 7) is 3.53. The van der Waals surface area contributed by atoms with Gasteiger partial charge in [0.2, 0.25) is 5.95 Å². The molecule has 1 aliphatic rings. The Bertz CT molecular complexity index is 513. The van der Waals surface area contributed by atoms with Crippen molar-refractivity contribution in [3.8, 4) is 6.07 Å². The van der Waals surface area contributed by atoms with E-state index in [4.69, 9.17) is 10.4 Å². The van der Waals surface area contributed by atoms with Gasteiger partial charge in [-0.25, -0.2) is 14.8 Å². The van der Waals surface area contributed by atoms with E-state index in [0.29, 0.717) is 31.3 Å². The van der Waals surface area contributed by atoms with Crippen LogP contribution in [0.25, 0.3) is 0 Å². The van der Waals surface area contributed by atoms with Gasteiger partial charge in [-0.05, 0) is 19.4 Å². The maximum atomic E-state index is 11.0. The van der Waals surface area contributed by atoms with Crippen molar-refractivity contribution in [2.75, 3.05) is 24.5 Å². The van der Waals surface area contributed by atoms with Gasteiger partial charge in [0.05, 0.1) is 0 Å². The molecule has 1 amide bonds. The van der Waals surface area contributed by atoms with Crippen LogP contribution in [-0.4, -0.2) is 51.7 Å². The molecule has 1 aromatic rings. The number of carbonyl (C=O) groups is 1. The lowest BCUT2D eigenvalue weighted by molar-refractivity contribution is 0.145. The zero-order valence-corrected chi connectivity index (χ0v) is 10.7. The minimum atomic E-state index is -0.902. The highest BCUT2D eigenvalue weighted by Gasteiger charge is 2.25. The van der Waals surface area contributed by atoms with Crippen LogP contribution in [0.3, 0.4) is 0 Å². The van der Waals surface area contributed by atoms with Gasteiger partial charge in [-0.1, -0.05) is 0 Å². The second-order valence-electron chi connectivity index (χ2n) is 4.48. The highest BCUT2D eigenvalue weighted by molar-refractivity contribution is 5.65. The smallest absolute Gasteiger partial charge is 0.407 e. The molecule has 7 nitrogen and oxygen atoms in total. The molecular formula is C12H15N5O2. The highest BCUT2D eigenvalue weighted by atomic mass is 16.4. The van der Waals surface area contributed by atoms with Crippen molar-refractivity contribution in [1.82, 2.24) is 14.9 Å². The van der Waals surface area contributed by atoms with Crippen LogP contribution in [0.15, 0.2) is 12.3 Å². The monoisotopic (exact) mass is 261 g/mol. The fourth-order valence-corrected chi connectivity index (χ4v) is 2.18. The molecule has 7 heteroatoms. The van der Waals surface area contributed by atoms with Crippen molar-refractivity contribution < 1.29 is 9.90 Å². The van der Waals surface area contributed by atoms with Gasteiger partial charge in [0.1, 0.15) is 11.8 Å². The van der Waals surface area contributed by atoms with Crippen molar-refractivity contribution in [2.24, 2.45) is 0 Å². The maximum Gasteiger partial charge on any atom is 0.407 e. The third kappa shape index (κ3) is 2.91. The van der Waals surface area contributed by atoms with Crippen LogP contribution < -0.4 is 4.90 Å². The lowest BCUT2D eigenvalue weighted by atomic mass is 10.3. The SMILES string of the molecule is C[C@H]1CN(C(=O)O)CCCN1c1nccc(C#N)n1. The summed E-state index contributed by atoms with van der Waals surface area (Å²) in [6.07, 6.45) is 1.37. The third-order valence-corrected chi connectivity index (χ3v) is 3.13. The standard InChI is InChI=1S/C12H15N5O2/c1-9-8-16(12(18)19)5-2-6-17(9)11-14-4-3-10(7-13)15-11/h3-4,9H,2,5-6,8H2,1H3,(H,18,19)/t9-/m0/s1. The lowest BCUT2D eigenvalue weighted by Gasteiger charge is -2.28. The van der Waals surface area contributed by atoms with Crippen LogP contribution in [0.5, 0.6) is 0 Å². The number of nitrogens with zero attached hydrogens (tertiary/aromatic N) is 5. The van der Waals surface area contributed by atoms with Gasteiger partial charge in [0.15, 0.2) is 0 Å². The van der Waals surface area contributed by atoms with Crippen LogP contribution in [0, 0.1) is 11.3 Å². The normalized spacial score (nSPS) is 19.7. The van der Waals surface area contributed by atoms with Crippen LogP contribution in [-0.2, 0) is 0 Å². The molecular weight excluding hydrogens is 246 g/mol. The zero-order valence-electron chi connectivity index (χ0n) is 10.7. The molecule has 1 N–H and O–H groups in total. The Kier molecular flexibility index (Phi) is 3.80. The molecule has 1 atom stereocenters. The molecule has 2 heterocycles. The first kappa shape index (κ1) is 13.1. The molecule has 1 aromatic heterocycles. The van der Waals surface area contributed by atoms with Gasteiger partial charge in [-0.2, -0.15) is 5.26 Å². The number of carboxylic acid groups (broad SMARTS) is 1. The molecule has 0 aliphatic carbocycles. The highest BCUT2D eigenvalue weighted by Crippen LogP contribution is 2.16. The van der Waals surface area contributed by atoms with E-state index in [1.165, 1.54) is 4.90 Å². The fraction of sp³-hybridized carbons (Fsp3) is 0.500. The zero-order chi connectivity index (χ0) is 13.8. The summed E-state index contributed by atoms with van der Waals surface area (Å²) < 4.78 is 0. The summed E-state index contributed by atoms with van der Waals surface area (Å²) in [4.78, 5) is 22.7. The summed E-state index contributed by atoms with van der Waals surface area (Å²) >= 11 is 0. The van der Waals surface area contributed by atoms with Gasteiger partial charge in [-0.3, -0.25) is 0 Å². The molecule has 19 heavy (non-hydrogen) atoms. The Morgan fingerprint density at radius 2 is 2.37 bits per heavy atom. The van der Waals surface area contributed by atoms with Crippen molar-refractivity contribution in [2.45, 2.75) is 19.4 Å². The second kappa shape index (κ2) is 5.52. The Morgan fingerprint density at radius 1 is 1.58 bits per heavy atom. The summed E-state index contributed by atoms with van der Waals surface area (Å²) in [7, 11) is 0. The average molecular weight is 261 g/mol. The molecule has 0 bridgehead atoms. The van der Waals surface area contributed by atoms with Crippen LogP contribution in [0.1, 0.15) is 19.0 Å². The molecule has 100 valence electrons. The third-order valence-electron chi connectivity index (χ3n) is 3.13. The molecule has 1 saturated heterocycles. The minimum Gasteiger partial charge on any atom is -0.465 e. The molecule has 0 aromatic carbocycles. The van der Waals surface area contributed by atoms with Gasteiger partial charge < -0.3 is 14.9 Å². The summed E-state index contributed by atoms with van der Waals surface area (Å²) in [5.74, 6) is 0.485.